The molecule has 1 aromatic carbocycles. The SMILES string of the molecule is COCCC1CCCN(CCC(=O)Nc2ccc(C)c(F)c2)C1. The Bertz CT molecular complexity index is 522. The molecule has 0 aromatic heterocycles. The number of nitrogens with zero attached hydrogens (tertiary/aromatic N) is 1. The molecule has 1 aromatic rings. The van der Waals surface area contributed by atoms with Crippen LogP contribution in [0.3, 0.4) is 0 Å². The van der Waals surface area contributed by atoms with Crippen LogP contribution < -0.4 is 5.32 Å². The molecule has 0 spiro atoms. The number of amides is 1. The van der Waals surface area contributed by atoms with E-state index in [-0.39, 0.29) is 11.7 Å². The zero-order valence-corrected chi connectivity index (χ0v) is 14.1. The number of aryl methyl sites for hydroxylation is 1. The molecule has 0 saturated carbocycles. The van der Waals surface area contributed by atoms with Crippen molar-refractivity contribution in [1.29, 1.82) is 0 Å². The third-order valence-electron chi connectivity index (χ3n) is 4.44. The molecule has 1 atom stereocenters. The quantitative estimate of drug-likeness (QED) is 0.838. The van der Waals surface area contributed by atoms with Crippen LogP contribution in [0.2, 0.25) is 0 Å². The molecule has 1 aliphatic heterocycles. The van der Waals surface area contributed by atoms with Crippen molar-refractivity contribution in [1.82, 2.24) is 4.90 Å². The summed E-state index contributed by atoms with van der Waals surface area (Å²) in [5, 5.41) is 2.77. The molecular weight excluding hydrogens is 295 g/mol. The van der Waals surface area contributed by atoms with Crippen molar-refractivity contribution in [3.05, 3.63) is 29.6 Å². The van der Waals surface area contributed by atoms with E-state index in [0.29, 0.717) is 23.6 Å². The van der Waals surface area contributed by atoms with Gasteiger partial charge in [-0.3, -0.25) is 4.79 Å². The highest BCUT2D eigenvalue weighted by Gasteiger charge is 2.20. The second-order valence-electron chi connectivity index (χ2n) is 6.35. The van der Waals surface area contributed by atoms with E-state index < -0.39 is 0 Å². The summed E-state index contributed by atoms with van der Waals surface area (Å²) >= 11 is 0. The van der Waals surface area contributed by atoms with E-state index in [1.807, 2.05) is 0 Å². The van der Waals surface area contributed by atoms with Crippen LogP contribution in [0.25, 0.3) is 0 Å². The molecule has 1 amide bonds. The van der Waals surface area contributed by atoms with E-state index in [9.17, 15) is 9.18 Å². The monoisotopic (exact) mass is 322 g/mol. The first-order chi connectivity index (χ1) is 11.1. The third-order valence-corrected chi connectivity index (χ3v) is 4.44. The van der Waals surface area contributed by atoms with E-state index in [0.717, 1.165) is 32.7 Å². The molecule has 1 aliphatic rings. The maximum absolute atomic E-state index is 13.5. The van der Waals surface area contributed by atoms with Gasteiger partial charge >= 0.3 is 0 Å². The molecule has 0 aliphatic carbocycles. The lowest BCUT2D eigenvalue weighted by Gasteiger charge is -2.32. The first-order valence-electron chi connectivity index (χ1n) is 8.36. The average molecular weight is 322 g/mol. The molecule has 2 rings (SSSR count). The number of hydrogen-bond acceptors (Lipinski definition) is 3. The van der Waals surface area contributed by atoms with Crippen molar-refractivity contribution in [2.45, 2.75) is 32.6 Å². The van der Waals surface area contributed by atoms with Crippen molar-refractivity contribution < 1.29 is 13.9 Å². The molecule has 1 saturated heterocycles. The number of rotatable bonds is 7. The van der Waals surface area contributed by atoms with Crippen molar-refractivity contribution in [2.75, 3.05) is 38.7 Å². The van der Waals surface area contributed by atoms with Crippen molar-refractivity contribution in [3.63, 3.8) is 0 Å². The summed E-state index contributed by atoms with van der Waals surface area (Å²) in [6.45, 7) is 5.35. The molecule has 1 heterocycles. The summed E-state index contributed by atoms with van der Waals surface area (Å²) in [6, 6.07) is 4.78. The highest BCUT2D eigenvalue weighted by atomic mass is 19.1. The number of halogens is 1. The second-order valence-corrected chi connectivity index (χ2v) is 6.35. The highest BCUT2D eigenvalue weighted by molar-refractivity contribution is 5.90. The number of methoxy groups -OCH3 is 1. The van der Waals surface area contributed by atoms with E-state index in [1.54, 1.807) is 26.2 Å². The van der Waals surface area contributed by atoms with Gasteiger partial charge in [0.1, 0.15) is 5.82 Å². The summed E-state index contributed by atoms with van der Waals surface area (Å²) < 4.78 is 18.6. The number of anilines is 1. The fourth-order valence-corrected chi connectivity index (χ4v) is 3.03. The number of carbonyl (C=O) groups is 1. The number of likely N-dealkylation sites (tertiary alicyclic amines) is 1. The summed E-state index contributed by atoms with van der Waals surface area (Å²) in [6.07, 6.45) is 3.95. The highest BCUT2D eigenvalue weighted by Crippen LogP contribution is 2.20. The van der Waals surface area contributed by atoms with Crippen LogP contribution in [0.15, 0.2) is 18.2 Å². The Kier molecular flexibility index (Phi) is 6.99. The standard InChI is InChI=1S/C18H27FN2O2/c1-14-5-6-16(12-17(14)19)20-18(22)7-10-21-9-3-4-15(13-21)8-11-23-2/h5-6,12,15H,3-4,7-11,13H2,1-2H3,(H,20,22). The lowest BCUT2D eigenvalue weighted by Crippen LogP contribution is -2.37. The van der Waals surface area contributed by atoms with Crippen LogP contribution in [0, 0.1) is 18.7 Å². The fraction of sp³-hybridized carbons (Fsp3) is 0.611. The first-order valence-corrected chi connectivity index (χ1v) is 8.36. The van der Waals surface area contributed by atoms with Gasteiger partial charge in [-0.15, -0.1) is 0 Å². The predicted molar refractivity (Wildman–Crippen MR) is 90.0 cm³/mol. The van der Waals surface area contributed by atoms with E-state index in [4.69, 9.17) is 4.74 Å². The summed E-state index contributed by atoms with van der Waals surface area (Å²) in [7, 11) is 1.73. The van der Waals surface area contributed by atoms with E-state index in [2.05, 4.69) is 10.2 Å². The van der Waals surface area contributed by atoms with E-state index in [1.165, 1.54) is 18.9 Å². The smallest absolute Gasteiger partial charge is 0.225 e. The number of ether oxygens (including phenoxy) is 1. The molecule has 1 N–H and O–H groups in total. The van der Waals surface area contributed by atoms with Gasteiger partial charge in [0, 0.05) is 38.9 Å². The summed E-state index contributed by atoms with van der Waals surface area (Å²) in [5.41, 5.74) is 1.10. The van der Waals surface area contributed by atoms with Crippen molar-refractivity contribution in [2.24, 2.45) is 5.92 Å². The maximum atomic E-state index is 13.5. The summed E-state index contributed by atoms with van der Waals surface area (Å²) in [4.78, 5) is 14.4. The zero-order chi connectivity index (χ0) is 16.7. The molecule has 23 heavy (non-hydrogen) atoms. The number of benzene rings is 1. The minimum atomic E-state index is -0.292. The van der Waals surface area contributed by atoms with Gasteiger partial charge in [-0.2, -0.15) is 0 Å². The maximum Gasteiger partial charge on any atom is 0.225 e. The van der Waals surface area contributed by atoms with Gasteiger partial charge in [0.05, 0.1) is 0 Å². The third kappa shape index (κ3) is 5.92. The normalized spacial score (nSPS) is 18.8. The Morgan fingerprint density at radius 2 is 2.30 bits per heavy atom. The number of carbonyl (C=O) groups excluding carboxylic acids is 1. The first kappa shape index (κ1) is 17.9. The average Bonchev–Trinajstić information content (AvgIpc) is 2.55. The topological polar surface area (TPSA) is 41.6 Å². The van der Waals surface area contributed by atoms with Gasteiger partial charge < -0.3 is 15.0 Å². The molecule has 5 heteroatoms. The van der Waals surface area contributed by atoms with Crippen LogP contribution in [0.5, 0.6) is 0 Å². The molecule has 0 bridgehead atoms. The number of hydrogen-bond donors (Lipinski definition) is 1. The van der Waals surface area contributed by atoms with Crippen LogP contribution >= 0.6 is 0 Å². The van der Waals surface area contributed by atoms with Crippen LogP contribution in [0.1, 0.15) is 31.2 Å². The second kappa shape index (κ2) is 8.99. The van der Waals surface area contributed by atoms with Crippen LogP contribution in [0.4, 0.5) is 10.1 Å². The Labute approximate surface area is 138 Å². The molecule has 1 fully saturated rings. The van der Waals surface area contributed by atoms with Crippen LogP contribution in [-0.4, -0.2) is 44.2 Å². The minimum Gasteiger partial charge on any atom is -0.385 e. The number of piperidine rings is 1. The number of nitrogens with one attached hydrogen (secondary N) is 1. The molecule has 128 valence electrons. The minimum absolute atomic E-state index is 0.0627. The van der Waals surface area contributed by atoms with E-state index >= 15 is 0 Å². The van der Waals surface area contributed by atoms with Gasteiger partial charge in [-0.05, 0) is 56.3 Å². The fourth-order valence-electron chi connectivity index (χ4n) is 3.03. The Hall–Kier alpha value is -1.46. The van der Waals surface area contributed by atoms with Gasteiger partial charge in [0.2, 0.25) is 5.91 Å². The molecular formula is C18H27FN2O2. The largest absolute Gasteiger partial charge is 0.385 e. The molecule has 1 unspecified atom stereocenters. The van der Waals surface area contributed by atoms with Gasteiger partial charge in [0.15, 0.2) is 0 Å². The zero-order valence-electron chi connectivity index (χ0n) is 14.1. The van der Waals surface area contributed by atoms with Crippen molar-refractivity contribution >= 4 is 11.6 Å². The van der Waals surface area contributed by atoms with Gasteiger partial charge in [-0.1, -0.05) is 6.07 Å². The Morgan fingerprint density at radius 1 is 1.48 bits per heavy atom. The summed E-state index contributed by atoms with van der Waals surface area (Å²) in [5.74, 6) is 0.310. The lowest BCUT2D eigenvalue weighted by molar-refractivity contribution is -0.116. The van der Waals surface area contributed by atoms with Crippen molar-refractivity contribution in [3.8, 4) is 0 Å². The van der Waals surface area contributed by atoms with Gasteiger partial charge in [-0.25, -0.2) is 4.39 Å². The Morgan fingerprint density at radius 3 is 3.04 bits per heavy atom. The molecule has 4 nitrogen and oxygen atoms in total. The predicted octanol–water partition coefficient (Wildman–Crippen LogP) is 3.21. The van der Waals surface area contributed by atoms with Gasteiger partial charge in [0.25, 0.3) is 0 Å². The Balaban J connectivity index is 1.74. The lowest BCUT2D eigenvalue weighted by atomic mass is 9.95. The van der Waals surface area contributed by atoms with Crippen LogP contribution in [-0.2, 0) is 9.53 Å². The molecule has 0 radical (unpaired) electrons.